The summed E-state index contributed by atoms with van der Waals surface area (Å²) in [6.45, 7) is 21.0. The zero-order chi connectivity index (χ0) is 19.8. The average Bonchev–Trinajstić information content (AvgIpc) is 2.41. The quantitative estimate of drug-likeness (QED) is 0.466. The summed E-state index contributed by atoms with van der Waals surface area (Å²) in [7, 11) is 0. The van der Waals surface area contributed by atoms with Crippen LogP contribution in [0.15, 0.2) is 0 Å². The van der Waals surface area contributed by atoms with Crippen LogP contribution in [0.5, 0.6) is 0 Å². The maximum atomic E-state index is 12.8. The van der Waals surface area contributed by atoms with Gasteiger partial charge in [0.2, 0.25) is 5.91 Å². The highest BCUT2D eigenvalue weighted by atomic mass is 16.1. The minimum Gasteiger partial charge on any atom is -0.368 e. The van der Waals surface area contributed by atoms with E-state index in [1.165, 1.54) is 0 Å². The highest BCUT2D eigenvalue weighted by Crippen LogP contribution is 2.36. The van der Waals surface area contributed by atoms with Gasteiger partial charge in [-0.3, -0.25) is 4.79 Å². The van der Waals surface area contributed by atoms with E-state index in [9.17, 15) is 4.79 Å². The van der Waals surface area contributed by atoms with Crippen LogP contribution in [-0.4, -0.2) is 18.0 Å². The third-order valence-corrected chi connectivity index (χ3v) is 5.19. The lowest BCUT2D eigenvalue weighted by Crippen LogP contribution is -2.63. The summed E-state index contributed by atoms with van der Waals surface area (Å²) >= 11 is 0. The van der Waals surface area contributed by atoms with E-state index in [0.29, 0.717) is 17.8 Å². The Labute approximate surface area is 157 Å². The largest absolute Gasteiger partial charge is 0.368 e. The van der Waals surface area contributed by atoms with Crippen molar-refractivity contribution in [1.82, 2.24) is 5.32 Å². The van der Waals surface area contributed by atoms with Gasteiger partial charge < -0.3 is 11.1 Å². The van der Waals surface area contributed by atoms with E-state index in [-0.39, 0.29) is 17.2 Å². The molecule has 3 N–H and O–H groups in total. The minimum absolute atomic E-state index is 0.167. The van der Waals surface area contributed by atoms with E-state index in [2.05, 4.69) is 67.6 Å². The Bertz CT molecular complexity index is 377. The molecule has 1 unspecified atom stereocenters. The molecule has 0 aromatic heterocycles. The lowest BCUT2D eigenvalue weighted by molar-refractivity contribution is -0.128. The number of primary amides is 1. The molecule has 1 atom stereocenters. The van der Waals surface area contributed by atoms with Crippen LogP contribution in [0.1, 0.15) is 94.4 Å². The van der Waals surface area contributed by atoms with Crippen LogP contribution in [0.25, 0.3) is 0 Å². The molecule has 0 saturated heterocycles. The molecule has 150 valence electrons. The normalized spacial score (nSPS) is 15.4. The number of amides is 1. The second kappa shape index (κ2) is 10.5. The van der Waals surface area contributed by atoms with Crippen LogP contribution < -0.4 is 11.1 Å². The van der Waals surface area contributed by atoms with E-state index in [0.717, 1.165) is 38.6 Å². The second-order valence-electron chi connectivity index (χ2n) is 10.2. The van der Waals surface area contributed by atoms with Gasteiger partial charge in [0.1, 0.15) is 5.54 Å². The number of hydrogen-bond acceptors (Lipinski definition) is 2. The summed E-state index contributed by atoms with van der Waals surface area (Å²) in [5.41, 5.74) is 5.64. The van der Waals surface area contributed by atoms with Gasteiger partial charge in [-0.1, -0.05) is 68.7 Å². The molecule has 0 aliphatic rings. The molecule has 0 aromatic carbocycles. The molecule has 0 fully saturated rings. The van der Waals surface area contributed by atoms with Gasteiger partial charge in [-0.25, -0.2) is 0 Å². The first-order chi connectivity index (χ1) is 11.4. The molecule has 0 aromatic rings. The molecule has 0 aliphatic heterocycles. The van der Waals surface area contributed by atoms with Crippen molar-refractivity contribution in [3.05, 3.63) is 0 Å². The van der Waals surface area contributed by atoms with Crippen molar-refractivity contribution in [3.63, 3.8) is 0 Å². The number of rotatable bonds is 13. The van der Waals surface area contributed by atoms with E-state index >= 15 is 0 Å². The molecule has 0 aliphatic carbocycles. The van der Waals surface area contributed by atoms with Gasteiger partial charge in [0.05, 0.1) is 0 Å². The molecule has 0 heterocycles. The summed E-state index contributed by atoms with van der Waals surface area (Å²) in [6.07, 6.45) is 5.19. The van der Waals surface area contributed by atoms with Crippen LogP contribution in [0.3, 0.4) is 0 Å². The SMILES string of the molecule is CCCC(C)(C)CNC(CC(C)C)(C(N)=O)C(CC(C)C)CC(C)C. The first-order valence-corrected chi connectivity index (χ1v) is 10.4. The standard InChI is InChI=1S/C22H46N2O/c1-10-11-21(8,9)15-24-22(20(23)25,14-18(6)7)19(12-16(2)3)13-17(4)5/h16-19,24H,10-15H2,1-9H3,(H2,23,25). The third kappa shape index (κ3) is 8.57. The molecular formula is C22H46N2O. The smallest absolute Gasteiger partial charge is 0.238 e. The molecule has 25 heavy (non-hydrogen) atoms. The zero-order valence-corrected chi connectivity index (χ0v) is 18.5. The fourth-order valence-corrected chi connectivity index (χ4v) is 4.21. The monoisotopic (exact) mass is 354 g/mol. The minimum atomic E-state index is -0.603. The van der Waals surface area contributed by atoms with Gasteiger partial charge in [-0.15, -0.1) is 0 Å². The molecular weight excluding hydrogens is 308 g/mol. The molecule has 0 radical (unpaired) electrons. The van der Waals surface area contributed by atoms with E-state index < -0.39 is 5.54 Å². The first-order valence-electron chi connectivity index (χ1n) is 10.4. The predicted molar refractivity (Wildman–Crippen MR) is 110 cm³/mol. The van der Waals surface area contributed by atoms with Gasteiger partial charge in [0, 0.05) is 6.54 Å². The van der Waals surface area contributed by atoms with E-state index in [1.54, 1.807) is 0 Å². The first kappa shape index (κ1) is 24.4. The Morgan fingerprint density at radius 2 is 1.44 bits per heavy atom. The number of hydrogen-bond donors (Lipinski definition) is 2. The lowest BCUT2D eigenvalue weighted by Gasteiger charge is -2.44. The Hall–Kier alpha value is -0.570. The van der Waals surface area contributed by atoms with Gasteiger partial charge >= 0.3 is 0 Å². The lowest BCUT2D eigenvalue weighted by atomic mass is 9.70. The summed E-state index contributed by atoms with van der Waals surface area (Å²) in [6, 6.07) is 0. The average molecular weight is 355 g/mol. The summed E-state index contributed by atoms with van der Waals surface area (Å²) < 4.78 is 0. The number of carbonyl (C=O) groups is 1. The van der Waals surface area contributed by atoms with E-state index in [1.807, 2.05) is 0 Å². The van der Waals surface area contributed by atoms with Crippen molar-refractivity contribution < 1.29 is 4.79 Å². The maximum absolute atomic E-state index is 12.8. The summed E-state index contributed by atoms with van der Waals surface area (Å²) in [5.74, 6) is 1.65. The Morgan fingerprint density at radius 1 is 0.960 bits per heavy atom. The van der Waals surface area contributed by atoms with Gasteiger partial charge in [0.25, 0.3) is 0 Å². The van der Waals surface area contributed by atoms with Crippen molar-refractivity contribution in [2.75, 3.05) is 6.54 Å². The molecule has 1 amide bonds. The van der Waals surface area contributed by atoms with Crippen LogP contribution in [-0.2, 0) is 4.79 Å². The van der Waals surface area contributed by atoms with Crippen LogP contribution in [0.2, 0.25) is 0 Å². The fourth-order valence-electron chi connectivity index (χ4n) is 4.21. The van der Waals surface area contributed by atoms with Crippen LogP contribution >= 0.6 is 0 Å². The molecule has 0 spiro atoms. The highest BCUT2D eigenvalue weighted by Gasteiger charge is 2.45. The molecule has 0 rings (SSSR count). The van der Waals surface area contributed by atoms with Gasteiger partial charge in [-0.2, -0.15) is 0 Å². The van der Waals surface area contributed by atoms with Crippen molar-refractivity contribution >= 4 is 5.91 Å². The number of carbonyl (C=O) groups excluding carboxylic acids is 1. The number of nitrogens with one attached hydrogen (secondary N) is 1. The van der Waals surface area contributed by atoms with Gasteiger partial charge in [0.15, 0.2) is 0 Å². The Morgan fingerprint density at radius 3 is 1.76 bits per heavy atom. The maximum Gasteiger partial charge on any atom is 0.238 e. The molecule has 0 bridgehead atoms. The van der Waals surface area contributed by atoms with Crippen molar-refractivity contribution in [2.24, 2.45) is 34.8 Å². The van der Waals surface area contributed by atoms with E-state index in [4.69, 9.17) is 5.73 Å². The van der Waals surface area contributed by atoms with Gasteiger partial charge in [-0.05, 0) is 54.8 Å². The zero-order valence-electron chi connectivity index (χ0n) is 18.5. The molecule has 3 nitrogen and oxygen atoms in total. The van der Waals surface area contributed by atoms with Crippen molar-refractivity contribution in [1.29, 1.82) is 0 Å². The van der Waals surface area contributed by atoms with Crippen LogP contribution in [0.4, 0.5) is 0 Å². The Kier molecular flexibility index (Phi) is 10.3. The topological polar surface area (TPSA) is 55.1 Å². The second-order valence-corrected chi connectivity index (χ2v) is 10.2. The highest BCUT2D eigenvalue weighted by molar-refractivity contribution is 5.85. The summed E-state index contributed by atoms with van der Waals surface area (Å²) in [4.78, 5) is 12.8. The van der Waals surface area contributed by atoms with Crippen LogP contribution in [0, 0.1) is 29.1 Å². The van der Waals surface area contributed by atoms with Crippen molar-refractivity contribution in [3.8, 4) is 0 Å². The predicted octanol–water partition coefficient (Wildman–Crippen LogP) is 5.38. The third-order valence-electron chi connectivity index (χ3n) is 5.19. The fraction of sp³-hybridized carbons (Fsp3) is 0.955. The molecule has 0 saturated carbocycles. The summed E-state index contributed by atoms with van der Waals surface area (Å²) in [5, 5.41) is 3.73. The molecule has 3 heteroatoms. The number of nitrogens with two attached hydrogens (primary N) is 1. The Balaban J connectivity index is 5.76. The van der Waals surface area contributed by atoms with Crippen molar-refractivity contribution in [2.45, 2.75) is 100.0 Å².